The normalized spacial score (nSPS) is 11.0. The zero-order valence-corrected chi connectivity index (χ0v) is 13.8. The minimum atomic E-state index is -0.920. The van der Waals surface area contributed by atoms with E-state index in [1.54, 1.807) is 13.0 Å². The number of aromatic nitrogens is 1. The lowest BCUT2D eigenvalue weighted by Gasteiger charge is -2.10. The van der Waals surface area contributed by atoms with Gasteiger partial charge < -0.3 is 15.0 Å². The molecule has 0 aliphatic heterocycles. The highest BCUT2D eigenvalue weighted by Gasteiger charge is 2.22. The fourth-order valence-corrected chi connectivity index (χ4v) is 2.89. The van der Waals surface area contributed by atoms with Gasteiger partial charge in [-0.05, 0) is 44.5 Å². The Labute approximate surface area is 135 Å². The molecule has 0 saturated carbocycles. The molecule has 1 aromatic carbocycles. The molecule has 0 unspecified atom stereocenters. The van der Waals surface area contributed by atoms with Crippen molar-refractivity contribution in [3.63, 3.8) is 0 Å². The van der Waals surface area contributed by atoms with Gasteiger partial charge in [0.1, 0.15) is 5.82 Å². The molecule has 0 radical (unpaired) electrons. The van der Waals surface area contributed by atoms with E-state index in [1.165, 1.54) is 12.1 Å². The van der Waals surface area contributed by atoms with Crippen molar-refractivity contribution < 1.29 is 14.3 Å². The van der Waals surface area contributed by atoms with Crippen molar-refractivity contribution in [1.29, 1.82) is 0 Å². The highest BCUT2D eigenvalue weighted by atomic mass is 19.1. The van der Waals surface area contributed by atoms with Crippen LogP contribution in [0.2, 0.25) is 0 Å². The summed E-state index contributed by atoms with van der Waals surface area (Å²) >= 11 is 0. The van der Waals surface area contributed by atoms with Crippen LogP contribution in [0.3, 0.4) is 0 Å². The molecule has 0 atom stereocenters. The van der Waals surface area contributed by atoms with E-state index in [0.717, 1.165) is 29.8 Å². The van der Waals surface area contributed by atoms with Gasteiger partial charge in [-0.25, -0.2) is 9.18 Å². The molecule has 5 heteroatoms. The number of halogens is 1. The van der Waals surface area contributed by atoms with Gasteiger partial charge in [-0.2, -0.15) is 0 Å². The number of aromatic carboxylic acids is 1. The van der Waals surface area contributed by atoms with E-state index in [4.69, 9.17) is 0 Å². The minimum Gasteiger partial charge on any atom is -0.478 e. The minimum absolute atomic E-state index is 0.284. The predicted molar refractivity (Wildman–Crippen MR) is 88.4 cm³/mol. The molecule has 0 bridgehead atoms. The fourth-order valence-electron chi connectivity index (χ4n) is 2.89. The molecule has 0 amide bonds. The van der Waals surface area contributed by atoms with Crippen LogP contribution < -0.4 is 5.32 Å². The van der Waals surface area contributed by atoms with Gasteiger partial charge in [0.05, 0.1) is 5.56 Å². The van der Waals surface area contributed by atoms with Crippen LogP contribution in [0, 0.1) is 19.7 Å². The Hall–Kier alpha value is -2.14. The first-order valence-corrected chi connectivity index (χ1v) is 7.82. The van der Waals surface area contributed by atoms with Gasteiger partial charge in [0.25, 0.3) is 0 Å². The lowest BCUT2D eigenvalue weighted by atomic mass is 10.1. The summed E-state index contributed by atoms with van der Waals surface area (Å²) in [5, 5.41) is 12.8. The monoisotopic (exact) mass is 318 g/mol. The maximum atomic E-state index is 13.4. The Morgan fingerprint density at radius 2 is 2.04 bits per heavy atom. The molecular weight excluding hydrogens is 295 g/mol. The second kappa shape index (κ2) is 7.42. The van der Waals surface area contributed by atoms with Crippen molar-refractivity contribution >= 4 is 5.97 Å². The maximum absolute atomic E-state index is 13.4. The van der Waals surface area contributed by atoms with Crippen LogP contribution in [0.5, 0.6) is 0 Å². The largest absolute Gasteiger partial charge is 0.478 e. The Kier molecular flexibility index (Phi) is 5.55. The lowest BCUT2D eigenvalue weighted by Crippen LogP contribution is -2.16. The summed E-state index contributed by atoms with van der Waals surface area (Å²) in [7, 11) is 0. The molecule has 4 nitrogen and oxygen atoms in total. The first-order valence-electron chi connectivity index (χ1n) is 7.82. The highest BCUT2D eigenvalue weighted by Crippen LogP contribution is 2.24. The van der Waals surface area contributed by atoms with Crippen LogP contribution in [0.1, 0.15) is 46.2 Å². The molecule has 2 rings (SSSR count). The SMILES string of the molecule is CCCNCc1c(C(=O)O)c(C)n(Cc2cccc(F)c2)c1C. The van der Waals surface area contributed by atoms with Crippen LogP contribution in [-0.4, -0.2) is 22.2 Å². The molecule has 0 aliphatic carbocycles. The summed E-state index contributed by atoms with van der Waals surface area (Å²) in [6.07, 6.45) is 0.991. The summed E-state index contributed by atoms with van der Waals surface area (Å²) in [5.74, 6) is -1.20. The molecule has 1 heterocycles. The maximum Gasteiger partial charge on any atom is 0.337 e. The molecular formula is C18H23FN2O2. The number of carbonyl (C=O) groups is 1. The summed E-state index contributed by atoms with van der Waals surface area (Å²) in [6, 6.07) is 6.40. The van der Waals surface area contributed by atoms with Gasteiger partial charge in [-0.1, -0.05) is 19.1 Å². The van der Waals surface area contributed by atoms with E-state index in [-0.39, 0.29) is 5.82 Å². The van der Waals surface area contributed by atoms with Crippen molar-refractivity contribution in [1.82, 2.24) is 9.88 Å². The average molecular weight is 318 g/mol. The third-order valence-electron chi connectivity index (χ3n) is 4.08. The number of nitrogens with one attached hydrogen (secondary N) is 1. The first-order chi connectivity index (χ1) is 11.0. The number of hydrogen-bond donors (Lipinski definition) is 2. The van der Waals surface area contributed by atoms with E-state index in [9.17, 15) is 14.3 Å². The van der Waals surface area contributed by atoms with E-state index in [2.05, 4.69) is 12.2 Å². The summed E-state index contributed by atoms with van der Waals surface area (Å²) in [6.45, 7) is 7.62. The zero-order chi connectivity index (χ0) is 17.0. The second-order valence-corrected chi connectivity index (χ2v) is 5.72. The molecule has 0 saturated heterocycles. The third kappa shape index (κ3) is 3.79. The summed E-state index contributed by atoms with van der Waals surface area (Å²) in [5.41, 5.74) is 3.58. The molecule has 1 aromatic heterocycles. The van der Waals surface area contributed by atoms with E-state index in [0.29, 0.717) is 24.3 Å². The van der Waals surface area contributed by atoms with E-state index in [1.807, 2.05) is 17.6 Å². The van der Waals surface area contributed by atoms with E-state index < -0.39 is 5.97 Å². The quantitative estimate of drug-likeness (QED) is 0.768. The standard InChI is InChI=1S/C18H23FN2O2/c1-4-8-20-10-16-12(2)21(13(3)17(16)18(22)23)11-14-6-5-7-15(19)9-14/h5-7,9,20H,4,8,10-11H2,1-3H3,(H,22,23). The van der Waals surface area contributed by atoms with Gasteiger partial charge >= 0.3 is 5.97 Å². The third-order valence-corrected chi connectivity index (χ3v) is 4.08. The highest BCUT2D eigenvalue weighted by molar-refractivity contribution is 5.91. The number of carboxylic acids is 1. The second-order valence-electron chi connectivity index (χ2n) is 5.72. The van der Waals surface area contributed by atoms with Gasteiger partial charge in [-0.3, -0.25) is 0 Å². The number of carboxylic acid groups (broad SMARTS) is 1. The fraction of sp³-hybridized carbons (Fsp3) is 0.389. The van der Waals surface area contributed by atoms with Gasteiger partial charge in [0.2, 0.25) is 0 Å². The van der Waals surface area contributed by atoms with Crippen LogP contribution >= 0.6 is 0 Å². The number of rotatable bonds is 7. The van der Waals surface area contributed by atoms with Gasteiger partial charge in [-0.15, -0.1) is 0 Å². The Morgan fingerprint density at radius 3 is 2.65 bits per heavy atom. The molecule has 0 spiro atoms. The zero-order valence-electron chi connectivity index (χ0n) is 13.8. The van der Waals surface area contributed by atoms with Gasteiger partial charge in [0, 0.05) is 30.0 Å². The van der Waals surface area contributed by atoms with Crippen molar-refractivity contribution in [2.75, 3.05) is 6.54 Å². The number of hydrogen-bond acceptors (Lipinski definition) is 2. The lowest BCUT2D eigenvalue weighted by molar-refractivity contribution is 0.0694. The molecule has 23 heavy (non-hydrogen) atoms. The number of benzene rings is 1. The Balaban J connectivity index is 2.39. The summed E-state index contributed by atoms with van der Waals surface area (Å²) < 4.78 is 15.3. The average Bonchev–Trinajstić information content (AvgIpc) is 2.72. The topological polar surface area (TPSA) is 54.3 Å². The summed E-state index contributed by atoms with van der Waals surface area (Å²) in [4.78, 5) is 11.6. The molecule has 2 aromatic rings. The van der Waals surface area contributed by atoms with Crippen LogP contribution in [-0.2, 0) is 13.1 Å². The van der Waals surface area contributed by atoms with Crippen LogP contribution in [0.25, 0.3) is 0 Å². The van der Waals surface area contributed by atoms with Crippen molar-refractivity contribution in [2.45, 2.75) is 40.3 Å². The Bertz CT molecular complexity index is 707. The van der Waals surface area contributed by atoms with Crippen molar-refractivity contribution in [3.05, 3.63) is 58.2 Å². The molecule has 0 fully saturated rings. The van der Waals surface area contributed by atoms with Crippen LogP contribution in [0.4, 0.5) is 4.39 Å². The van der Waals surface area contributed by atoms with Crippen molar-refractivity contribution in [2.24, 2.45) is 0 Å². The Morgan fingerprint density at radius 1 is 1.30 bits per heavy atom. The van der Waals surface area contributed by atoms with E-state index >= 15 is 0 Å². The molecule has 124 valence electrons. The van der Waals surface area contributed by atoms with Crippen molar-refractivity contribution in [3.8, 4) is 0 Å². The number of nitrogens with zero attached hydrogens (tertiary/aromatic N) is 1. The first kappa shape index (κ1) is 17.2. The smallest absolute Gasteiger partial charge is 0.337 e. The van der Waals surface area contributed by atoms with Gasteiger partial charge in [0.15, 0.2) is 0 Å². The molecule has 2 N–H and O–H groups in total. The molecule has 0 aliphatic rings. The predicted octanol–water partition coefficient (Wildman–Crippen LogP) is 3.49. The van der Waals surface area contributed by atoms with Crippen LogP contribution in [0.15, 0.2) is 24.3 Å².